The van der Waals surface area contributed by atoms with E-state index >= 15 is 0 Å². The van der Waals surface area contributed by atoms with Crippen LogP contribution in [0, 0.1) is 5.82 Å². The number of alkyl halides is 1. The van der Waals surface area contributed by atoms with Crippen LogP contribution >= 0.6 is 11.6 Å². The number of halogens is 3. The lowest BCUT2D eigenvalue weighted by atomic mass is 10.1. The van der Waals surface area contributed by atoms with Crippen LogP contribution in [0.3, 0.4) is 0 Å². The predicted octanol–water partition coefficient (Wildman–Crippen LogP) is 2.48. The van der Waals surface area contributed by atoms with Crippen molar-refractivity contribution >= 4 is 11.6 Å². The Labute approximate surface area is 73.6 Å². The summed E-state index contributed by atoms with van der Waals surface area (Å²) in [6.45, 7) is -1.00. The average Bonchev–Trinajstić information content (AvgIpc) is 2.03. The summed E-state index contributed by atoms with van der Waals surface area (Å²) >= 11 is 5.45. The molecule has 66 valence electrons. The smallest absolute Gasteiger partial charge is 0.130 e. The van der Waals surface area contributed by atoms with Crippen LogP contribution in [0.5, 0.6) is 0 Å². The molecule has 0 amide bonds. The zero-order valence-electron chi connectivity index (χ0n) is 6.10. The third-order valence-corrected chi connectivity index (χ3v) is 1.70. The van der Waals surface area contributed by atoms with Gasteiger partial charge in [0.2, 0.25) is 0 Å². The summed E-state index contributed by atoms with van der Waals surface area (Å²) in [5.74, 6) is -0.687. The Morgan fingerprint density at radius 2 is 2.17 bits per heavy atom. The van der Waals surface area contributed by atoms with Gasteiger partial charge in [-0.1, -0.05) is 17.7 Å². The van der Waals surface area contributed by atoms with Crippen LogP contribution in [-0.4, -0.2) is 11.8 Å². The van der Waals surface area contributed by atoms with E-state index in [0.717, 1.165) is 6.07 Å². The molecule has 1 N–H and O–H groups in total. The maximum Gasteiger partial charge on any atom is 0.130 e. The lowest BCUT2D eigenvalue weighted by Crippen LogP contribution is -2.01. The van der Waals surface area contributed by atoms with E-state index < -0.39 is 18.6 Å². The first-order chi connectivity index (χ1) is 5.65. The van der Waals surface area contributed by atoms with E-state index in [1.54, 1.807) is 0 Å². The molecule has 0 aliphatic rings. The fourth-order valence-corrected chi connectivity index (χ4v) is 1.01. The Morgan fingerprint density at radius 1 is 1.50 bits per heavy atom. The lowest BCUT2D eigenvalue weighted by Gasteiger charge is -2.06. The molecule has 0 saturated heterocycles. The fourth-order valence-electron chi connectivity index (χ4n) is 0.855. The van der Waals surface area contributed by atoms with Gasteiger partial charge in [0, 0.05) is 10.6 Å². The van der Waals surface area contributed by atoms with Gasteiger partial charge >= 0.3 is 0 Å². The predicted molar refractivity (Wildman–Crippen MR) is 42.3 cm³/mol. The van der Waals surface area contributed by atoms with E-state index in [4.69, 9.17) is 16.7 Å². The average molecular weight is 193 g/mol. The molecule has 12 heavy (non-hydrogen) atoms. The lowest BCUT2D eigenvalue weighted by molar-refractivity contribution is 0.138. The normalized spacial score (nSPS) is 13.0. The van der Waals surface area contributed by atoms with E-state index in [2.05, 4.69) is 0 Å². The second-order valence-electron chi connectivity index (χ2n) is 2.34. The zero-order chi connectivity index (χ0) is 9.14. The molecular weight excluding hydrogens is 186 g/mol. The summed E-state index contributed by atoms with van der Waals surface area (Å²) in [6, 6.07) is 3.70. The van der Waals surface area contributed by atoms with E-state index in [9.17, 15) is 8.78 Å². The standard InChI is InChI=1S/C8H7ClF2O/c9-5-1-2-6(7(11)3-5)8(12)4-10/h1-3,8,12H,4H2. The molecule has 1 unspecified atom stereocenters. The van der Waals surface area contributed by atoms with Crippen molar-refractivity contribution in [3.8, 4) is 0 Å². The molecule has 4 heteroatoms. The maximum absolute atomic E-state index is 12.9. The molecule has 1 aromatic rings. The molecule has 0 fully saturated rings. The van der Waals surface area contributed by atoms with Crippen LogP contribution in [0.15, 0.2) is 18.2 Å². The van der Waals surface area contributed by atoms with Gasteiger partial charge in [-0.2, -0.15) is 0 Å². The van der Waals surface area contributed by atoms with E-state index in [0.29, 0.717) is 0 Å². The van der Waals surface area contributed by atoms with Crippen molar-refractivity contribution < 1.29 is 13.9 Å². The van der Waals surface area contributed by atoms with Crippen LogP contribution in [-0.2, 0) is 0 Å². The first-order valence-electron chi connectivity index (χ1n) is 3.34. The first kappa shape index (κ1) is 9.42. The minimum Gasteiger partial charge on any atom is -0.386 e. The van der Waals surface area contributed by atoms with Crippen molar-refractivity contribution in [3.05, 3.63) is 34.6 Å². The second-order valence-corrected chi connectivity index (χ2v) is 2.77. The Morgan fingerprint density at radius 3 is 2.67 bits per heavy atom. The van der Waals surface area contributed by atoms with Gasteiger partial charge in [0.25, 0.3) is 0 Å². The molecule has 0 aliphatic carbocycles. The van der Waals surface area contributed by atoms with Crippen molar-refractivity contribution in [2.45, 2.75) is 6.10 Å². The van der Waals surface area contributed by atoms with Crippen LogP contribution in [0.1, 0.15) is 11.7 Å². The number of benzene rings is 1. The molecule has 0 saturated carbocycles. The number of aliphatic hydroxyl groups is 1. The number of aliphatic hydroxyl groups excluding tert-OH is 1. The van der Waals surface area contributed by atoms with Gasteiger partial charge in [0.1, 0.15) is 18.6 Å². The quantitative estimate of drug-likeness (QED) is 0.763. The monoisotopic (exact) mass is 192 g/mol. The number of rotatable bonds is 2. The Bertz CT molecular complexity index is 278. The van der Waals surface area contributed by atoms with E-state index in [-0.39, 0.29) is 10.6 Å². The maximum atomic E-state index is 12.9. The highest BCUT2D eigenvalue weighted by Gasteiger charge is 2.11. The third-order valence-electron chi connectivity index (χ3n) is 1.47. The van der Waals surface area contributed by atoms with Crippen LogP contribution in [0.2, 0.25) is 5.02 Å². The molecular formula is C8H7ClF2O. The summed E-state index contributed by atoms with van der Waals surface area (Å²) in [4.78, 5) is 0. The minimum atomic E-state index is -1.40. The van der Waals surface area contributed by atoms with Crippen molar-refractivity contribution in [2.75, 3.05) is 6.67 Å². The molecule has 0 aromatic heterocycles. The molecule has 1 nitrogen and oxygen atoms in total. The van der Waals surface area contributed by atoms with Crippen molar-refractivity contribution in [2.24, 2.45) is 0 Å². The Balaban J connectivity index is 3.01. The molecule has 0 aliphatic heterocycles. The fraction of sp³-hybridized carbons (Fsp3) is 0.250. The van der Waals surface area contributed by atoms with Gasteiger partial charge in [-0.05, 0) is 12.1 Å². The van der Waals surface area contributed by atoms with E-state index in [1.807, 2.05) is 0 Å². The van der Waals surface area contributed by atoms with Gasteiger partial charge in [-0.15, -0.1) is 0 Å². The van der Waals surface area contributed by atoms with Gasteiger partial charge < -0.3 is 5.11 Å². The summed E-state index contributed by atoms with van der Waals surface area (Å²) in [6.07, 6.45) is -1.40. The molecule has 1 aromatic carbocycles. The molecule has 0 spiro atoms. The molecule has 0 bridgehead atoms. The van der Waals surface area contributed by atoms with Gasteiger partial charge in [0.05, 0.1) is 0 Å². The van der Waals surface area contributed by atoms with Crippen LogP contribution < -0.4 is 0 Å². The Kier molecular flexibility index (Phi) is 3.00. The van der Waals surface area contributed by atoms with Crippen molar-refractivity contribution in [1.29, 1.82) is 0 Å². The molecule has 0 heterocycles. The summed E-state index contributed by atoms with van der Waals surface area (Å²) in [5, 5.41) is 9.17. The number of hydrogen-bond donors (Lipinski definition) is 1. The highest BCUT2D eigenvalue weighted by atomic mass is 35.5. The van der Waals surface area contributed by atoms with Crippen LogP contribution in [0.25, 0.3) is 0 Å². The molecule has 0 radical (unpaired) electrons. The second kappa shape index (κ2) is 3.83. The SMILES string of the molecule is OC(CF)c1ccc(Cl)cc1F. The molecule has 1 rings (SSSR count). The number of hydrogen-bond acceptors (Lipinski definition) is 1. The van der Waals surface area contributed by atoms with E-state index in [1.165, 1.54) is 12.1 Å². The summed E-state index contributed by atoms with van der Waals surface area (Å²) in [5.41, 5.74) is -0.0677. The largest absolute Gasteiger partial charge is 0.386 e. The van der Waals surface area contributed by atoms with Gasteiger partial charge in [-0.3, -0.25) is 0 Å². The molecule has 1 atom stereocenters. The topological polar surface area (TPSA) is 20.2 Å². The highest BCUT2D eigenvalue weighted by Crippen LogP contribution is 2.20. The van der Waals surface area contributed by atoms with Gasteiger partial charge in [-0.25, -0.2) is 8.78 Å². The summed E-state index contributed by atoms with van der Waals surface area (Å²) in [7, 11) is 0. The van der Waals surface area contributed by atoms with Crippen LogP contribution in [0.4, 0.5) is 8.78 Å². The minimum absolute atomic E-state index is 0.0677. The third kappa shape index (κ3) is 1.93. The van der Waals surface area contributed by atoms with Gasteiger partial charge in [0.15, 0.2) is 0 Å². The first-order valence-corrected chi connectivity index (χ1v) is 3.72. The zero-order valence-corrected chi connectivity index (χ0v) is 6.85. The van der Waals surface area contributed by atoms with Crippen molar-refractivity contribution in [1.82, 2.24) is 0 Å². The summed E-state index contributed by atoms with van der Waals surface area (Å²) < 4.78 is 24.8. The highest BCUT2D eigenvalue weighted by molar-refractivity contribution is 6.30. The van der Waals surface area contributed by atoms with Crippen molar-refractivity contribution in [3.63, 3.8) is 0 Å². The Hall–Kier alpha value is -0.670.